The summed E-state index contributed by atoms with van der Waals surface area (Å²) >= 11 is 0. The van der Waals surface area contributed by atoms with Crippen LogP contribution in [0.1, 0.15) is 53.4 Å². The molecule has 0 aliphatic heterocycles. The zero-order valence-electron chi connectivity index (χ0n) is 10.2. The standard InChI is InChI=1S/C9H16O.C4H10/c1-6(10)9-5-7-2-3-8(9)4-7;1-4(2)3/h6-10H,2-5H2,1H3;4H,1-3H3. The van der Waals surface area contributed by atoms with Gasteiger partial charge in [-0.15, -0.1) is 0 Å². The van der Waals surface area contributed by atoms with E-state index in [0.717, 1.165) is 17.8 Å². The van der Waals surface area contributed by atoms with Gasteiger partial charge in [-0.05, 0) is 49.9 Å². The van der Waals surface area contributed by atoms with E-state index in [9.17, 15) is 5.11 Å². The van der Waals surface area contributed by atoms with Gasteiger partial charge in [-0.3, -0.25) is 0 Å². The normalized spacial score (nSPS) is 36.9. The van der Waals surface area contributed by atoms with Crippen molar-refractivity contribution in [3.05, 3.63) is 0 Å². The molecule has 4 atom stereocenters. The highest BCUT2D eigenvalue weighted by molar-refractivity contribution is 4.91. The average Bonchev–Trinajstić information content (AvgIpc) is 2.61. The molecule has 14 heavy (non-hydrogen) atoms. The molecule has 4 unspecified atom stereocenters. The maximum absolute atomic E-state index is 9.37. The number of aliphatic hydroxyl groups is 1. The Morgan fingerprint density at radius 2 is 1.57 bits per heavy atom. The molecule has 0 heterocycles. The second kappa shape index (κ2) is 5.16. The van der Waals surface area contributed by atoms with Gasteiger partial charge < -0.3 is 5.11 Å². The zero-order chi connectivity index (χ0) is 10.7. The molecule has 2 rings (SSSR count). The smallest absolute Gasteiger partial charge is 0.0543 e. The number of aliphatic hydroxyl groups excluding tert-OH is 1. The summed E-state index contributed by atoms with van der Waals surface area (Å²) in [5, 5.41) is 9.37. The van der Waals surface area contributed by atoms with Crippen molar-refractivity contribution in [2.75, 3.05) is 0 Å². The van der Waals surface area contributed by atoms with Gasteiger partial charge >= 0.3 is 0 Å². The number of hydrogen-bond donors (Lipinski definition) is 1. The maximum Gasteiger partial charge on any atom is 0.0543 e. The van der Waals surface area contributed by atoms with Crippen LogP contribution in [0.2, 0.25) is 0 Å². The van der Waals surface area contributed by atoms with Crippen molar-refractivity contribution in [1.29, 1.82) is 0 Å². The van der Waals surface area contributed by atoms with Gasteiger partial charge in [0.15, 0.2) is 0 Å². The molecule has 0 amide bonds. The van der Waals surface area contributed by atoms with E-state index in [1.807, 2.05) is 6.92 Å². The first-order valence-corrected chi connectivity index (χ1v) is 6.18. The molecule has 2 bridgehead atoms. The number of rotatable bonds is 1. The lowest BCUT2D eigenvalue weighted by atomic mass is 9.85. The minimum atomic E-state index is -0.0460. The molecule has 2 fully saturated rings. The second-order valence-corrected chi connectivity index (χ2v) is 5.81. The first-order valence-electron chi connectivity index (χ1n) is 6.18. The van der Waals surface area contributed by atoms with Crippen LogP contribution in [-0.4, -0.2) is 11.2 Å². The van der Waals surface area contributed by atoms with Gasteiger partial charge in [0, 0.05) is 0 Å². The van der Waals surface area contributed by atoms with E-state index in [4.69, 9.17) is 0 Å². The van der Waals surface area contributed by atoms with Crippen LogP contribution < -0.4 is 0 Å². The lowest BCUT2D eigenvalue weighted by Gasteiger charge is -2.23. The highest BCUT2D eigenvalue weighted by atomic mass is 16.3. The summed E-state index contributed by atoms with van der Waals surface area (Å²) in [7, 11) is 0. The third-order valence-corrected chi connectivity index (χ3v) is 3.41. The lowest BCUT2D eigenvalue weighted by molar-refractivity contribution is 0.0905. The zero-order valence-corrected chi connectivity index (χ0v) is 10.2. The molecule has 0 aromatic rings. The van der Waals surface area contributed by atoms with E-state index in [-0.39, 0.29) is 6.10 Å². The van der Waals surface area contributed by atoms with Gasteiger partial charge in [-0.1, -0.05) is 27.2 Å². The first kappa shape index (κ1) is 12.0. The van der Waals surface area contributed by atoms with E-state index in [2.05, 4.69) is 20.8 Å². The molecule has 0 saturated heterocycles. The number of fused-ring (bicyclic) bond motifs is 2. The first-order chi connectivity index (χ1) is 6.50. The Labute approximate surface area is 88.9 Å². The number of hydrogen-bond acceptors (Lipinski definition) is 1. The van der Waals surface area contributed by atoms with Crippen molar-refractivity contribution in [3.8, 4) is 0 Å². The van der Waals surface area contributed by atoms with Crippen LogP contribution >= 0.6 is 0 Å². The summed E-state index contributed by atoms with van der Waals surface area (Å²) in [5.74, 6) is 3.34. The Morgan fingerprint density at radius 3 is 1.79 bits per heavy atom. The lowest BCUT2D eigenvalue weighted by Crippen LogP contribution is -2.22. The maximum atomic E-state index is 9.37. The van der Waals surface area contributed by atoms with Crippen molar-refractivity contribution in [3.63, 3.8) is 0 Å². The minimum Gasteiger partial charge on any atom is -0.393 e. The predicted molar refractivity (Wildman–Crippen MR) is 61.1 cm³/mol. The van der Waals surface area contributed by atoms with Crippen LogP contribution in [0.25, 0.3) is 0 Å². The molecule has 2 aliphatic carbocycles. The van der Waals surface area contributed by atoms with Crippen molar-refractivity contribution in [2.45, 2.75) is 59.5 Å². The van der Waals surface area contributed by atoms with Crippen LogP contribution in [0.15, 0.2) is 0 Å². The molecular weight excluding hydrogens is 172 g/mol. The van der Waals surface area contributed by atoms with Crippen LogP contribution in [0.3, 0.4) is 0 Å². The predicted octanol–water partition coefficient (Wildman–Crippen LogP) is 3.47. The average molecular weight is 198 g/mol. The molecule has 0 aromatic carbocycles. The topological polar surface area (TPSA) is 20.2 Å². The minimum absolute atomic E-state index is 0.0460. The van der Waals surface area contributed by atoms with Crippen LogP contribution in [0, 0.1) is 23.7 Å². The molecule has 0 spiro atoms. The van der Waals surface area contributed by atoms with Crippen LogP contribution in [-0.2, 0) is 0 Å². The quantitative estimate of drug-likeness (QED) is 0.684. The summed E-state index contributed by atoms with van der Waals surface area (Å²) in [4.78, 5) is 0. The molecule has 2 saturated carbocycles. The fraction of sp³-hybridized carbons (Fsp3) is 1.00. The molecule has 1 nitrogen and oxygen atoms in total. The monoisotopic (exact) mass is 198 g/mol. The summed E-state index contributed by atoms with van der Waals surface area (Å²) in [5.41, 5.74) is 0. The Hall–Kier alpha value is -0.0400. The van der Waals surface area contributed by atoms with Crippen molar-refractivity contribution >= 4 is 0 Å². The Kier molecular flexibility index (Phi) is 4.43. The van der Waals surface area contributed by atoms with Crippen molar-refractivity contribution in [2.24, 2.45) is 23.7 Å². The van der Waals surface area contributed by atoms with E-state index in [1.165, 1.54) is 25.7 Å². The molecule has 2 aliphatic rings. The van der Waals surface area contributed by atoms with Crippen molar-refractivity contribution < 1.29 is 5.11 Å². The Bertz CT molecular complexity index is 160. The van der Waals surface area contributed by atoms with Crippen LogP contribution in [0.4, 0.5) is 0 Å². The van der Waals surface area contributed by atoms with Gasteiger partial charge in [0.25, 0.3) is 0 Å². The largest absolute Gasteiger partial charge is 0.393 e. The van der Waals surface area contributed by atoms with Crippen molar-refractivity contribution in [1.82, 2.24) is 0 Å². The van der Waals surface area contributed by atoms with Gasteiger partial charge in [0.1, 0.15) is 0 Å². The second-order valence-electron chi connectivity index (χ2n) is 5.81. The van der Waals surface area contributed by atoms with Gasteiger partial charge in [-0.2, -0.15) is 0 Å². The third-order valence-electron chi connectivity index (χ3n) is 3.41. The molecular formula is C13H26O. The highest BCUT2D eigenvalue weighted by Crippen LogP contribution is 2.49. The Morgan fingerprint density at radius 1 is 1.00 bits per heavy atom. The van der Waals surface area contributed by atoms with Gasteiger partial charge in [0.05, 0.1) is 6.10 Å². The third kappa shape index (κ3) is 3.27. The van der Waals surface area contributed by atoms with E-state index < -0.39 is 0 Å². The SMILES string of the molecule is CC(C)C.CC(O)C1CC2CCC1C2. The highest BCUT2D eigenvalue weighted by Gasteiger charge is 2.41. The Balaban J connectivity index is 0.000000213. The van der Waals surface area contributed by atoms with Crippen LogP contribution in [0.5, 0.6) is 0 Å². The summed E-state index contributed by atoms with van der Waals surface area (Å²) in [6, 6.07) is 0. The molecule has 1 N–H and O–H groups in total. The van der Waals surface area contributed by atoms with E-state index in [1.54, 1.807) is 0 Å². The van der Waals surface area contributed by atoms with Gasteiger partial charge in [0.2, 0.25) is 0 Å². The molecule has 84 valence electrons. The van der Waals surface area contributed by atoms with E-state index >= 15 is 0 Å². The summed E-state index contributed by atoms with van der Waals surface area (Å²) in [6.45, 7) is 8.45. The van der Waals surface area contributed by atoms with E-state index in [0.29, 0.717) is 5.92 Å². The molecule has 0 aromatic heterocycles. The molecule has 0 radical (unpaired) electrons. The fourth-order valence-corrected chi connectivity index (χ4v) is 2.88. The molecule has 1 heteroatoms. The summed E-state index contributed by atoms with van der Waals surface area (Å²) < 4.78 is 0. The van der Waals surface area contributed by atoms with Gasteiger partial charge in [-0.25, -0.2) is 0 Å². The summed E-state index contributed by atoms with van der Waals surface area (Å²) in [6.07, 6.45) is 5.50. The fourth-order valence-electron chi connectivity index (χ4n) is 2.88.